The predicted molar refractivity (Wildman–Crippen MR) is 83.5 cm³/mol. The van der Waals surface area contributed by atoms with Gasteiger partial charge in [0.1, 0.15) is 0 Å². The van der Waals surface area contributed by atoms with Crippen LogP contribution >= 0.6 is 0 Å². The third-order valence-corrected chi connectivity index (χ3v) is 5.79. The molecule has 0 bridgehead atoms. The Balaban J connectivity index is 1.57. The molecule has 112 valence electrons. The SMILES string of the molecule is CCC1(C)CCN(CCNC2CCC(C)CC2)CC1. The van der Waals surface area contributed by atoms with Crippen LogP contribution in [-0.2, 0) is 0 Å². The maximum atomic E-state index is 3.78. The zero-order valence-electron chi connectivity index (χ0n) is 13.4. The van der Waals surface area contributed by atoms with Gasteiger partial charge in [-0.25, -0.2) is 0 Å². The smallest absolute Gasteiger partial charge is 0.0107 e. The van der Waals surface area contributed by atoms with Gasteiger partial charge in [-0.2, -0.15) is 0 Å². The van der Waals surface area contributed by atoms with Crippen molar-refractivity contribution in [2.75, 3.05) is 26.2 Å². The summed E-state index contributed by atoms with van der Waals surface area (Å²) in [7, 11) is 0. The molecule has 0 radical (unpaired) electrons. The highest BCUT2D eigenvalue weighted by atomic mass is 15.1. The van der Waals surface area contributed by atoms with E-state index < -0.39 is 0 Å². The number of rotatable bonds is 5. The summed E-state index contributed by atoms with van der Waals surface area (Å²) in [6.07, 6.45) is 9.78. The largest absolute Gasteiger partial charge is 0.313 e. The van der Waals surface area contributed by atoms with Crippen LogP contribution in [-0.4, -0.2) is 37.1 Å². The van der Waals surface area contributed by atoms with Gasteiger partial charge in [0.25, 0.3) is 0 Å². The second kappa shape index (κ2) is 7.08. The van der Waals surface area contributed by atoms with Gasteiger partial charge in [0.15, 0.2) is 0 Å². The van der Waals surface area contributed by atoms with Gasteiger partial charge < -0.3 is 10.2 Å². The molecule has 2 rings (SSSR count). The highest BCUT2D eigenvalue weighted by molar-refractivity contribution is 4.82. The summed E-state index contributed by atoms with van der Waals surface area (Å²) in [5.74, 6) is 0.965. The topological polar surface area (TPSA) is 15.3 Å². The first kappa shape index (κ1) is 15.3. The minimum absolute atomic E-state index is 0.628. The molecule has 19 heavy (non-hydrogen) atoms. The number of hydrogen-bond acceptors (Lipinski definition) is 2. The van der Waals surface area contributed by atoms with Crippen LogP contribution in [0.4, 0.5) is 0 Å². The van der Waals surface area contributed by atoms with Crippen LogP contribution < -0.4 is 5.32 Å². The molecule has 2 nitrogen and oxygen atoms in total. The van der Waals surface area contributed by atoms with Crippen LogP contribution in [0.25, 0.3) is 0 Å². The lowest BCUT2D eigenvalue weighted by Gasteiger charge is -2.39. The molecule has 1 aliphatic carbocycles. The summed E-state index contributed by atoms with van der Waals surface area (Å²) in [5.41, 5.74) is 0.628. The molecule has 0 atom stereocenters. The molecule has 0 aromatic heterocycles. The van der Waals surface area contributed by atoms with Crippen LogP contribution in [0, 0.1) is 11.3 Å². The fourth-order valence-corrected chi connectivity index (χ4v) is 3.56. The zero-order valence-corrected chi connectivity index (χ0v) is 13.4. The number of hydrogen-bond donors (Lipinski definition) is 1. The van der Waals surface area contributed by atoms with Gasteiger partial charge in [-0.05, 0) is 62.9 Å². The van der Waals surface area contributed by atoms with Gasteiger partial charge in [0.05, 0.1) is 0 Å². The van der Waals surface area contributed by atoms with Gasteiger partial charge in [-0.3, -0.25) is 0 Å². The summed E-state index contributed by atoms with van der Waals surface area (Å²) >= 11 is 0. The second-order valence-corrected chi connectivity index (χ2v) is 7.42. The third kappa shape index (κ3) is 4.75. The summed E-state index contributed by atoms with van der Waals surface area (Å²) < 4.78 is 0. The Kier molecular flexibility index (Phi) is 5.70. The molecule has 1 saturated heterocycles. The first-order valence-corrected chi connectivity index (χ1v) is 8.57. The Morgan fingerprint density at radius 3 is 2.32 bits per heavy atom. The van der Waals surface area contributed by atoms with E-state index in [4.69, 9.17) is 0 Å². The highest BCUT2D eigenvalue weighted by Gasteiger charge is 2.27. The fraction of sp³-hybridized carbons (Fsp3) is 1.00. The third-order valence-electron chi connectivity index (χ3n) is 5.79. The van der Waals surface area contributed by atoms with Crippen molar-refractivity contribution in [1.82, 2.24) is 10.2 Å². The molecule has 0 aromatic rings. The predicted octanol–water partition coefficient (Wildman–Crippen LogP) is 3.67. The quantitative estimate of drug-likeness (QED) is 0.817. The summed E-state index contributed by atoms with van der Waals surface area (Å²) in [5, 5.41) is 3.78. The summed E-state index contributed by atoms with van der Waals surface area (Å²) in [6, 6.07) is 0.807. The summed E-state index contributed by atoms with van der Waals surface area (Å²) in [4.78, 5) is 2.66. The zero-order chi connectivity index (χ0) is 13.7. The van der Waals surface area contributed by atoms with Gasteiger partial charge >= 0.3 is 0 Å². The molecule has 0 aromatic carbocycles. The molecule has 1 heterocycles. The van der Waals surface area contributed by atoms with E-state index in [1.807, 2.05) is 0 Å². The van der Waals surface area contributed by atoms with Crippen LogP contribution in [0.15, 0.2) is 0 Å². The van der Waals surface area contributed by atoms with Crippen molar-refractivity contribution < 1.29 is 0 Å². The first-order chi connectivity index (χ1) is 9.11. The van der Waals surface area contributed by atoms with Crippen LogP contribution in [0.5, 0.6) is 0 Å². The van der Waals surface area contributed by atoms with Crippen molar-refractivity contribution >= 4 is 0 Å². The average molecular weight is 266 g/mol. The van der Waals surface area contributed by atoms with E-state index in [9.17, 15) is 0 Å². The first-order valence-electron chi connectivity index (χ1n) is 8.57. The molecule has 1 N–H and O–H groups in total. The Morgan fingerprint density at radius 2 is 1.74 bits per heavy atom. The van der Waals surface area contributed by atoms with E-state index in [1.165, 1.54) is 71.1 Å². The van der Waals surface area contributed by atoms with E-state index in [2.05, 4.69) is 31.0 Å². The van der Waals surface area contributed by atoms with Crippen molar-refractivity contribution in [2.24, 2.45) is 11.3 Å². The van der Waals surface area contributed by atoms with Crippen LogP contribution in [0.1, 0.15) is 65.7 Å². The van der Waals surface area contributed by atoms with E-state index in [0.717, 1.165) is 12.0 Å². The van der Waals surface area contributed by atoms with Crippen molar-refractivity contribution in [1.29, 1.82) is 0 Å². The molecule has 0 amide bonds. The molecule has 2 fully saturated rings. The maximum Gasteiger partial charge on any atom is 0.0107 e. The van der Waals surface area contributed by atoms with Crippen molar-refractivity contribution in [3.8, 4) is 0 Å². The minimum atomic E-state index is 0.628. The van der Waals surface area contributed by atoms with Crippen molar-refractivity contribution in [2.45, 2.75) is 71.8 Å². The van der Waals surface area contributed by atoms with E-state index >= 15 is 0 Å². The molecule has 0 spiro atoms. The molecule has 1 aliphatic heterocycles. The molecule has 0 unspecified atom stereocenters. The maximum absolute atomic E-state index is 3.78. The van der Waals surface area contributed by atoms with E-state index in [0.29, 0.717) is 5.41 Å². The highest BCUT2D eigenvalue weighted by Crippen LogP contribution is 2.33. The standard InChI is InChI=1S/C17H34N2/c1-4-17(3)9-12-19(13-10-17)14-11-18-16-7-5-15(2)6-8-16/h15-16,18H,4-14H2,1-3H3. The summed E-state index contributed by atoms with van der Waals surface area (Å²) in [6.45, 7) is 12.3. The lowest BCUT2D eigenvalue weighted by atomic mass is 9.78. The van der Waals surface area contributed by atoms with E-state index in [-0.39, 0.29) is 0 Å². The van der Waals surface area contributed by atoms with Crippen LogP contribution in [0.2, 0.25) is 0 Å². The second-order valence-electron chi connectivity index (χ2n) is 7.42. The fourth-order valence-electron chi connectivity index (χ4n) is 3.56. The molecule has 2 aliphatic rings. The van der Waals surface area contributed by atoms with Crippen molar-refractivity contribution in [3.63, 3.8) is 0 Å². The monoisotopic (exact) mass is 266 g/mol. The Morgan fingerprint density at radius 1 is 1.11 bits per heavy atom. The average Bonchev–Trinajstić information content (AvgIpc) is 2.43. The van der Waals surface area contributed by atoms with Gasteiger partial charge in [-0.1, -0.05) is 27.2 Å². The van der Waals surface area contributed by atoms with Gasteiger partial charge in [0, 0.05) is 19.1 Å². The molecular formula is C17H34N2. The Bertz CT molecular complexity index is 248. The molecule has 2 heteroatoms. The molecule has 1 saturated carbocycles. The van der Waals surface area contributed by atoms with Crippen molar-refractivity contribution in [3.05, 3.63) is 0 Å². The number of nitrogens with zero attached hydrogens (tertiary/aromatic N) is 1. The minimum Gasteiger partial charge on any atom is -0.313 e. The lowest BCUT2D eigenvalue weighted by Crippen LogP contribution is -2.43. The van der Waals surface area contributed by atoms with Crippen LogP contribution in [0.3, 0.4) is 0 Å². The van der Waals surface area contributed by atoms with Gasteiger partial charge in [-0.15, -0.1) is 0 Å². The van der Waals surface area contributed by atoms with Gasteiger partial charge in [0.2, 0.25) is 0 Å². The molecular weight excluding hydrogens is 232 g/mol. The lowest BCUT2D eigenvalue weighted by molar-refractivity contribution is 0.114. The number of nitrogens with one attached hydrogen (secondary N) is 1. The number of likely N-dealkylation sites (tertiary alicyclic amines) is 1. The Labute approximate surface area is 120 Å². The number of piperidine rings is 1. The van der Waals surface area contributed by atoms with E-state index in [1.54, 1.807) is 0 Å². The Hall–Kier alpha value is -0.0800. The normalized spacial score (nSPS) is 32.4.